The summed E-state index contributed by atoms with van der Waals surface area (Å²) in [7, 11) is 1.61. The number of benzene rings is 3. The average Bonchev–Trinajstić information content (AvgIpc) is 2.82. The summed E-state index contributed by atoms with van der Waals surface area (Å²) < 4.78 is 5.16. The van der Waals surface area contributed by atoms with Gasteiger partial charge in [-0.05, 0) is 54.1 Å². The van der Waals surface area contributed by atoms with Crippen LogP contribution in [0.1, 0.15) is 26.3 Å². The van der Waals surface area contributed by atoms with E-state index in [4.69, 9.17) is 10.5 Å². The largest absolute Gasteiger partial charge is 0.497 e. The van der Waals surface area contributed by atoms with Gasteiger partial charge in [-0.2, -0.15) is 0 Å². The van der Waals surface area contributed by atoms with Crippen molar-refractivity contribution in [3.05, 3.63) is 89.5 Å². The van der Waals surface area contributed by atoms with Gasteiger partial charge in [0.05, 0.1) is 24.9 Å². The van der Waals surface area contributed by atoms with E-state index in [9.17, 15) is 14.4 Å². The van der Waals surface area contributed by atoms with Crippen LogP contribution in [0.3, 0.4) is 0 Å². The Morgan fingerprint density at radius 2 is 1.53 bits per heavy atom. The van der Waals surface area contributed by atoms with Crippen LogP contribution in [-0.2, 0) is 11.3 Å². The molecule has 0 aliphatic heterocycles. The lowest BCUT2D eigenvalue weighted by Crippen LogP contribution is -2.33. The number of hydrogen-bond donors (Lipinski definition) is 4. The van der Waals surface area contributed by atoms with Crippen molar-refractivity contribution in [2.45, 2.75) is 6.54 Å². The monoisotopic (exact) mass is 432 g/mol. The van der Waals surface area contributed by atoms with Crippen LogP contribution in [0.4, 0.5) is 11.4 Å². The van der Waals surface area contributed by atoms with Gasteiger partial charge < -0.3 is 26.4 Å². The summed E-state index contributed by atoms with van der Waals surface area (Å²) in [6.07, 6.45) is 0. The maximum atomic E-state index is 12.8. The lowest BCUT2D eigenvalue weighted by atomic mass is 10.1. The van der Waals surface area contributed by atoms with E-state index in [-0.39, 0.29) is 12.5 Å². The molecule has 0 aliphatic rings. The van der Waals surface area contributed by atoms with Gasteiger partial charge in [-0.1, -0.05) is 24.3 Å². The molecule has 0 saturated heterocycles. The van der Waals surface area contributed by atoms with Crippen LogP contribution in [-0.4, -0.2) is 31.4 Å². The highest BCUT2D eigenvalue weighted by atomic mass is 16.5. The second-order valence-corrected chi connectivity index (χ2v) is 6.93. The topological polar surface area (TPSA) is 123 Å². The minimum Gasteiger partial charge on any atom is -0.497 e. The second-order valence-electron chi connectivity index (χ2n) is 6.93. The van der Waals surface area contributed by atoms with E-state index in [1.807, 2.05) is 36.4 Å². The SMILES string of the molecule is COc1ccc(Nc2ccccc2C(=O)NCc2ccc(C(=O)NCC(N)=O)cc2)cc1. The van der Waals surface area contributed by atoms with Gasteiger partial charge in [0.2, 0.25) is 5.91 Å². The zero-order valence-corrected chi connectivity index (χ0v) is 17.6. The highest BCUT2D eigenvalue weighted by Gasteiger charge is 2.12. The number of nitrogens with two attached hydrogens (primary N) is 1. The highest BCUT2D eigenvalue weighted by Crippen LogP contribution is 2.23. The number of primary amides is 1. The van der Waals surface area contributed by atoms with Crippen LogP contribution >= 0.6 is 0 Å². The van der Waals surface area contributed by atoms with Gasteiger partial charge in [0.15, 0.2) is 0 Å². The molecule has 8 nitrogen and oxygen atoms in total. The maximum Gasteiger partial charge on any atom is 0.253 e. The first-order valence-corrected chi connectivity index (χ1v) is 9.90. The first-order valence-electron chi connectivity index (χ1n) is 9.90. The van der Waals surface area contributed by atoms with Crippen LogP contribution in [0.15, 0.2) is 72.8 Å². The summed E-state index contributed by atoms with van der Waals surface area (Å²) in [6, 6.07) is 21.4. The summed E-state index contributed by atoms with van der Waals surface area (Å²) in [5, 5.41) is 8.56. The number of nitrogens with one attached hydrogen (secondary N) is 3. The molecule has 0 spiro atoms. The Labute approximate surface area is 185 Å². The van der Waals surface area contributed by atoms with Crippen molar-refractivity contribution in [2.75, 3.05) is 19.0 Å². The number of carbonyl (C=O) groups is 3. The van der Waals surface area contributed by atoms with E-state index in [1.165, 1.54) is 0 Å². The van der Waals surface area contributed by atoms with Crippen molar-refractivity contribution in [1.82, 2.24) is 10.6 Å². The Balaban J connectivity index is 1.61. The predicted octanol–water partition coefficient (Wildman–Crippen LogP) is 2.58. The fourth-order valence-electron chi connectivity index (χ4n) is 2.94. The number of para-hydroxylation sites is 1. The van der Waals surface area contributed by atoms with Crippen molar-refractivity contribution in [3.63, 3.8) is 0 Å². The number of hydrogen-bond acceptors (Lipinski definition) is 5. The van der Waals surface area contributed by atoms with Gasteiger partial charge in [0, 0.05) is 17.8 Å². The third-order valence-corrected chi connectivity index (χ3v) is 4.63. The molecule has 3 aromatic rings. The van der Waals surface area contributed by atoms with Crippen LogP contribution in [0, 0.1) is 0 Å². The van der Waals surface area contributed by atoms with E-state index in [1.54, 1.807) is 43.5 Å². The summed E-state index contributed by atoms with van der Waals surface area (Å²) in [5.41, 5.74) is 8.26. The molecule has 0 radical (unpaired) electrons. The molecule has 0 atom stereocenters. The first-order chi connectivity index (χ1) is 15.5. The third-order valence-electron chi connectivity index (χ3n) is 4.63. The Bertz CT molecular complexity index is 1100. The van der Waals surface area contributed by atoms with E-state index < -0.39 is 11.8 Å². The van der Waals surface area contributed by atoms with Crippen molar-refractivity contribution >= 4 is 29.1 Å². The quantitative estimate of drug-likeness (QED) is 0.414. The minimum absolute atomic E-state index is 0.222. The van der Waals surface area contributed by atoms with E-state index in [0.717, 1.165) is 17.0 Å². The molecule has 0 aromatic heterocycles. The smallest absolute Gasteiger partial charge is 0.253 e. The predicted molar refractivity (Wildman–Crippen MR) is 122 cm³/mol. The molecule has 164 valence electrons. The number of anilines is 2. The van der Waals surface area contributed by atoms with Gasteiger partial charge in [-0.25, -0.2) is 0 Å². The third kappa shape index (κ3) is 6.09. The molecule has 0 saturated carbocycles. The number of ether oxygens (including phenoxy) is 1. The van der Waals surface area contributed by atoms with E-state index >= 15 is 0 Å². The molecule has 0 unspecified atom stereocenters. The number of methoxy groups -OCH3 is 1. The number of amides is 3. The molecule has 32 heavy (non-hydrogen) atoms. The Kier molecular flexibility index (Phi) is 7.42. The standard InChI is InChI=1S/C24H24N4O4/c1-32-19-12-10-18(11-13-19)28-21-5-3-2-4-20(21)24(31)26-14-16-6-8-17(9-7-16)23(30)27-15-22(25)29/h2-13,28H,14-15H2,1H3,(H2,25,29)(H,26,31)(H,27,30). The fraction of sp³-hybridized carbons (Fsp3) is 0.125. The van der Waals surface area contributed by atoms with Crippen molar-refractivity contribution in [3.8, 4) is 5.75 Å². The molecular formula is C24H24N4O4. The Morgan fingerprint density at radius 1 is 0.844 bits per heavy atom. The van der Waals surface area contributed by atoms with Crippen molar-refractivity contribution in [2.24, 2.45) is 5.73 Å². The number of carbonyl (C=O) groups excluding carboxylic acids is 3. The minimum atomic E-state index is -0.612. The van der Waals surface area contributed by atoms with Gasteiger partial charge in [-0.15, -0.1) is 0 Å². The summed E-state index contributed by atoms with van der Waals surface area (Å²) in [4.78, 5) is 35.5. The van der Waals surface area contributed by atoms with Crippen LogP contribution in [0.25, 0.3) is 0 Å². The van der Waals surface area contributed by atoms with E-state index in [0.29, 0.717) is 23.4 Å². The Hall–Kier alpha value is -4.33. The van der Waals surface area contributed by atoms with Crippen molar-refractivity contribution in [1.29, 1.82) is 0 Å². The molecule has 0 heterocycles. The molecular weight excluding hydrogens is 408 g/mol. The Morgan fingerprint density at radius 3 is 2.19 bits per heavy atom. The van der Waals surface area contributed by atoms with E-state index in [2.05, 4.69) is 16.0 Å². The molecule has 0 fully saturated rings. The first kappa shape index (κ1) is 22.4. The van der Waals surface area contributed by atoms with Crippen LogP contribution in [0.2, 0.25) is 0 Å². The van der Waals surface area contributed by atoms with Gasteiger partial charge in [0.1, 0.15) is 5.75 Å². The lowest BCUT2D eigenvalue weighted by Gasteiger charge is -2.13. The zero-order chi connectivity index (χ0) is 22.9. The van der Waals surface area contributed by atoms with Gasteiger partial charge in [-0.3, -0.25) is 14.4 Å². The maximum absolute atomic E-state index is 12.8. The average molecular weight is 432 g/mol. The summed E-state index contributed by atoms with van der Waals surface area (Å²) in [6.45, 7) is 0.0689. The molecule has 8 heteroatoms. The normalized spacial score (nSPS) is 10.2. The molecule has 3 aromatic carbocycles. The van der Waals surface area contributed by atoms with Gasteiger partial charge in [0.25, 0.3) is 11.8 Å². The molecule has 3 rings (SSSR count). The summed E-state index contributed by atoms with van der Waals surface area (Å²) in [5.74, 6) is -0.486. The molecule has 3 amide bonds. The molecule has 0 bridgehead atoms. The van der Waals surface area contributed by atoms with Crippen molar-refractivity contribution < 1.29 is 19.1 Å². The molecule has 5 N–H and O–H groups in total. The van der Waals surface area contributed by atoms with Crippen LogP contribution in [0.5, 0.6) is 5.75 Å². The molecule has 0 aliphatic carbocycles. The fourth-order valence-corrected chi connectivity index (χ4v) is 2.94. The lowest BCUT2D eigenvalue weighted by molar-refractivity contribution is -0.117. The summed E-state index contributed by atoms with van der Waals surface area (Å²) >= 11 is 0. The highest BCUT2D eigenvalue weighted by molar-refractivity contribution is 6.00. The van der Waals surface area contributed by atoms with Gasteiger partial charge >= 0.3 is 0 Å². The zero-order valence-electron chi connectivity index (χ0n) is 17.6. The second kappa shape index (κ2) is 10.6. The number of rotatable bonds is 9. The van der Waals surface area contributed by atoms with Crippen LogP contribution < -0.4 is 26.4 Å².